The van der Waals surface area contributed by atoms with Crippen LogP contribution in [0.2, 0.25) is 0 Å². The maximum Gasteiger partial charge on any atom is 0.191 e. The molecule has 0 spiro atoms. The lowest BCUT2D eigenvalue weighted by molar-refractivity contribution is 0.0513. The molecule has 1 aromatic rings. The molecule has 2 aliphatic rings. The van der Waals surface area contributed by atoms with Crippen LogP contribution in [0.25, 0.3) is 0 Å². The van der Waals surface area contributed by atoms with Crippen molar-refractivity contribution in [2.75, 3.05) is 59.6 Å². The zero-order valence-electron chi connectivity index (χ0n) is 20.0. The number of nitrogens with zero attached hydrogens (tertiary/aromatic N) is 2. The molecule has 0 aromatic heterocycles. The van der Waals surface area contributed by atoms with Crippen LogP contribution >= 0.6 is 24.0 Å². The zero-order valence-corrected chi connectivity index (χ0v) is 22.4. The Labute approximate surface area is 211 Å². The molecule has 0 amide bonds. The molecule has 2 aliphatic heterocycles. The van der Waals surface area contributed by atoms with Gasteiger partial charge in [0.05, 0.1) is 6.61 Å². The van der Waals surface area contributed by atoms with Crippen molar-refractivity contribution in [3.63, 3.8) is 0 Å². The van der Waals surface area contributed by atoms with Crippen LogP contribution in [0.3, 0.4) is 0 Å². The van der Waals surface area contributed by atoms with Crippen LogP contribution < -0.4 is 15.4 Å². The van der Waals surface area contributed by atoms with E-state index in [9.17, 15) is 0 Å². The molecule has 2 fully saturated rings. The van der Waals surface area contributed by atoms with Crippen molar-refractivity contribution in [2.24, 2.45) is 4.99 Å². The molecule has 0 bridgehead atoms. The number of likely N-dealkylation sites (tertiary alicyclic amines) is 1. The van der Waals surface area contributed by atoms with Crippen LogP contribution in [0.4, 0.5) is 0 Å². The van der Waals surface area contributed by atoms with Crippen LogP contribution in [-0.2, 0) is 10.2 Å². The zero-order chi connectivity index (χ0) is 21.8. The normalized spacial score (nSPS) is 19.5. The quantitative estimate of drug-likeness (QED) is 0.206. The number of nitrogens with one attached hydrogen (secondary N) is 2. The predicted molar refractivity (Wildman–Crippen MR) is 144 cm³/mol. The van der Waals surface area contributed by atoms with Gasteiger partial charge in [-0.2, -0.15) is 0 Å². The molecule has 182 valence electrons. The summed E-state index contributed by atoms with van der Waals surface area (Å²) in [6, 6.07) is 8.61. The Hall–Kier alpha value is -1.06. The van der Waals surface area contributed by atoms with Crippen LogP contribution in [0.1, 0.15) is 57.4 Å². The van der Waals surface area contributed by atoms with Gasteiger partial charge in [-0.05, 0) is 76.4 Å². The second-order valence-electron chi connectivity index (χ2n) is 8.81. The number of benzene rings is 1. The average Bonchev–Trinajstić information content (AvgIpc) is 3.09. The van der Waals surface area contributed by atoms with Gasteiger partial charge in [0.15, 0.2) is 5.96 Å². The lowest BCUT2D eigenvalue weighted by Gasteiger charge is -2.38. The third kappa shape index (κ3) is 8.37. The van der Waals surface area contributed by atoms with E-state index in [1.807, 2.05) is 14.0 Å². The summed E-state index contributed by atoms with van der Waals surface area (Å²) in [6.07, 6.45) is 8.68. The van der Waals surface area contributed by atoms with Gasteiger partial charge in [-0.25, -0.2) is 0 Å². The molecular formula is C25H43IN4O2. The first-order chi connectivity index (χ1) is 15.3. The standard InChI is InChI=1S/C25H42N4O2.HI/c1-3-31-23-11-9-22(10-12-23)25(13-19-30-20-14-25)21-28-24(26-2)27-15-8-18-29-16-6-4-5-7-17-29;/h9-12H,3-8,13-21H2,1-2H3,(H2,26,27,28);1H. The maximum atomic E-state index is 5.68. The number of rotatable bonds is 9. The smallest absolute Gasteiger partial charge is 0.191 e. The lowest BCUT2D eigenvalue weighted by atomic mass is 9.74. The van der Waals surface area contributed by atoms with E-state index in [-0.39, 0.29) is 29.4 Å². The van der Waals surface area contributed by atoms with Gasteiger partial charge in [-0.15, -0.1) is 24.0 Å². The van der Waals surface area contributed by atoms with E-state index in [2.05, 4.69) is 44.8 Å². The Bertz CT molecular complexity index is 654. The van der Waals surface area contributed by atoms with Crippen molar-refractivity contribution >= 4 is 29.9 Å². The minimum absolute atomic E-state index is 0. The second-order valence-corrected chi connectivity index (χ2v) is 8.81. The molecule has 0 aliphatic carbocycles. The van der Waals surface area contributed by atoms with Gasteiger partial charge in [0.1, 0.15) is 5.75 Å². The highest BCUT2D eigenvalue weighted by Gasteiger charge is 2.34. The largest absolute Gasteiger partial charge is 0.494 e. The van der Waals surface area contributed by atoms with E-state index < -0.39 is 0 Å². The minimum atomic E-state index is 0. The summed E-state index contributed by atoms with van der Waals surface area (Å²) < 4.78 is 11.3. The van der Waals surface area contributed by atoms with E-state index in [0.29, 0.717) is 6.61 Å². The molecule has 1 aromatic carbocycles. The molecule has 0 saturated carbocycles. The molecule has 0 unspecified atom stereocenters. The van der Waals surface area contributed by atoms with Gasteiger partial charge in [-0.1, -0.05) is 25.0 Å². The van der Waals surface area contributed by atoms with E-state index >= 15 is 0 Å². The molecule has 7 heteroatoms. The van der Waals surface area contributed by atoms with E-state index in [4.69, 9.17) is 9.47 Å². The van der Waals surface area contributed by atoms with Gasteiger partial charge in [0.2, 0.25) is 0 Å². The Balaban J connectivity index is 0.00000363. The SMILES string of the molecule is CCOc1ccc(C2(CNC(=NC)NCCCN3CCCCCC3)CCOCC2)cc1.I. The highest BCUT2D eigenvalue weighted by molar-refractivity contribution is 14.0. The third-order valence-electron chi connectivity index (χ3n) is 6.69. The van der Waals surface area contributed by atoms with Crippen molar-refractivity contribution in [1.82, 2.24) is 15.5 Å². The Morgan fingerprint density at radius 2 is 1.75 bits per heavy atom. The Kier molecular flexibility index (Phi) is 12.7. The molecular weight excluding hydrogens is 515 g/mol. The first-order valence-electron chi connectivity index (χ1n) is 12.2. The van der Waals surface area contributed by atoms with Gasteiger partial charge in [-0.3, -0.25) is 4.99 Å². The molecule has 0 radical (unpaired) electrons. The van der Waals surface area contributed by atoms with Gasteiger partial charge in [0.25, 0.3) is 0 Å². The Morgan fingerprint density at radius 3 is 2.38 bits per heavy atom. The summed E-state index contributed by atoms with van der Waals surface area (Å²) in [5.74, 6) is 1.83. The highest BCUT2D eigenvalue weighted by Crippen LogP contribution is 2.35. The molecule has 3 rings (SSSR count). The topological polar surface area (TPSA) is 58.1 Å². The van der Waals surface area contributed by atoms with Crippen LogP contribution in [-0.4, -0.2) is 70.5 Å². The van der Waals surface area contributed by atoms with Crippen LogP contribution in [0, 0.1) is 0 Å². The van der Waals surface area contributed by atoms with Crippen molar-refractivity contribution in [3.8, 4) is 5.75 Å². The summed E-state index contributed by atoms with van der Waals surface area (Å²) in [5.41, 5.74) is 1.41. The summed E-state index contributed by atoms with van der Waals surface area (Å²) in [7, 11) is 1.86. The predicted octanol–water partition coefficient (Wildman–Crippen LogP) is 4.18. The van der Waals surface area contributed by atoms with Crippen molar-refractivity contribution in [2.45, 2.75) is 57.3 Å². The van der Waals surface area contributed by atoms with Crippen LogP contribution in [0.5, 0.6) is 5.75 Å². The fraction of sp³-hybridized carbons (Fsp3) is 0.720. The Morgan fingerprint density at radius 1 is 1.06 bits per heavy atom. The highest BCUT2D eigenvalue weighted by atomic mass is 127. The monoisotopic (exact) mass is 558 g/mol. The van der Waals surface area contributed by atoms with E-state index in [1.54, 1.807) is 0 Å². The third-order valence-corrected chi connectivity index (χ3v) is 6.69. The van der Waals surface area contributed by atoms with Crippen LogP contribution in [0.15, 0.2) is 29.3 Å². The molecule has 0 atom stereocenters. The fourth-order valence-corrected chi connectivity index (χ4v) is 4.74. The number of hydrogen-bond donors (Lipinski definition) is 2. The molecule has 32 heavy (non-hydrogen) atoms. The second kappa shape index (κ2) is 15.0. The minimum Gasteiger partial charge on any atom is -0.494 e. The van der Waals surface area contributed by atoms with Crippen molar-refractivity contribution in [3.05, 3.63) is 29.8 Å². The first-order valence-corrected chi connectivity index (χ1v) is 12.2. The first kappa shape index (κ1) is 27.2. The number of ether oxygens (including phenoxy) is 2. The molecule has 2 saturated heterocycles. The fourth-order valence-electron chi connectivity index (χ4n) is 4.74. The van der Waals surface area contributed by atoms with Crippen molar-refractivity contribution in [1.29, 1.82) is 0 Å². The average molecular weight is 559 g/mol. The number of guanidine groups is 1. The van der Waals surface area contributed by atoms with E-state index in [1.165, 1.54) is 50.9 Å². The number of aliphatic imine (C=N–C) groups is 1. The molecule has 6 nitrogen and oxygen atoms in total. The summed E-state index contributed by atoms with van der Waals surface area (Å²) >= 11 is 0. The van der Waals surface area contributed by atoms with Gasteiger partial charge < -0.3 is 25.0 Å². The van der Waals surface area contributed by atoms with Gasteiger partial charge >= 0.3 is 0 Å². The maximum absolute atomic E-state index is 5.68. The summed E-state index contributed by atoms with van der Waals surface area (Å²) in [5, 5.41) is 7.12. The van der Waals surface area contributed by atoms with Crippen molar-refractivity contribution < 1.29 is 9.47 Å². The van der Waals surface area contributed by atoms with E-state index in [0.717, 1.165) is 57.3 Å². The molecule has 2 heterocycles. The summed E-state index contributed by atoms with van der Waals surface area (Å²) in [4.78, 5) is 7.08. The molecule has 2 N–H and O–H groups in total. The summed E-state index contributed by atoms with van der Waals surface area (Å²) in [6.45, 7) is 9.83. The van der Waals surface area contributed by atoms with Gasteiger partial charge in [0, 0.05) is 38.8 Å². The number of hydrogen-bond acceptors (Lipinski definition) is 4. The lowest BCUT2D eigenvalue weighted by Crippen LogP contribution is -2.48. The number of halogens is 1.